The van der Waals surface area contributed by atoms with E-state index in [1.165, 1.54) is 0 Å². The largest absolute Gasteiger partial charge is 0.472 e. The van der Waals surface area contributed by atoms with Gasteiger partial charge in [-0.15, -0.1) is 11.3 Å². The second-order valence-corrected chi connectivity index (χ2v) is 8.11. The molecule has 0 saturated carbocycles. The first kappa shape index (κ1) is 18.2. The van der Waals surface area contributed by atoms with Crippen LogP contribution in [0.25, 0.3) is 4.96 Å². The van der Waals surface area contributed by atoms with Crippen LogP contribution < -0.4 is 0 Å². The van der Waals surface area contributed by atoms with Gasteiger partial charge < -0.3 is 14.1 Å². The second kappa shape index (κ2) is 7.46. The Morgan fingerprint density at radius 3 is 2.81 bits per heavy atom. The predicted octanol–water partition coefficient (Wildman–Crippen LogP) is 2.87. The van der Waals surface area contributed by atoms with Crippen molar-refractivity contribution >= 4 is 22.2 Å². The van der Waals surface area contributed by atoms with E-state index in [0.717, 1.165) is 22.8 Å². The first-order valence-electron chi connectivity index (χ1n) is 9.10. The third kappa shape index (κ3) is 3.78. The van der Waals surface area contributed by atoms with Crippen LogP contribution in [0.4, 0.5) is 0 Å². The normalized spacial score (nSPS) is 20.7. The topological polar surface area (TPSA) is 63.2 Å². The summed E-state index contributed by atoms with van der Waals surface area (Å²) in [6.45, 7) is 6.56. The van der Waals surface area contributed by atoms with Crippen LogP contribution in [0.5, 0.6) is 0 Å². The Bertz CT molecular complexity index is 907. The van der Waals surface area contributed by atoms with Crippen LogP contribution in [-0.4, -0.2) is 57.4 Å². The summed E-state index contributed by atoms with van der Waals surface area (Å²) in [4.78, 5) is 22.8. The zero-order valence-electron chi connectivity index (χ0n) is 15.8. The van der Waals surface area contributed by atoms with Gasteiger partial charge in [0.2, 0.25) is 0 Å². The van der Waals surface area contributed by atoms with Gasteiger partial charge in [-0.1, -0.05) is 0 Å². The maximum Gasteiger partial charge on any atom is 0.274 e. The minimum Gasteiger partial charge on any atom is -0.472 e. The van der Waals surface area contributed by atoms with Gasteiger partial charge in [0.1, 0.15) is 0 Å². The monoisotopic (exact) mass is 388 g/mol. The van der Waals surface area contributed by atoms with Gasteiger partial charge in [-0.2, -0.15) is 0 Å². The molecule has 1 aliphatic rings. The van der Waals surface area contributed by atoms with Gasteiger partial charge in [-0.3, -0.25) is 14.1 Å². The van der Waals surface area contributed by atoms with Crippen molar-refractivity contribution in [2.24, 2.45) is 0 Å². The lowest BCUT2D eigenvalue weighted by Gasteiger charge is -2.35. The zero-order valence-corrected chi connectivity index (χ0v) is 16.6. The Morgan fingerprint density at radius 2 is 2.11 bits per heavy atom. The van der Waals surface area contributed by atoms with Gasteiger partial charge in [0.25, 0.3) is 5.91 Å². The molecule has 4 rings (SSSR count). The molecule has 3 aromatic heterocycles. The lowest BCUT2D eigenvalue weighted by molar-refractivity contribution is -0.0587. The van der Waals surface area contributed by atoms with Crippen molar-refractivity contribution in [2.45, 2.75) is 39.1 Å². The lowest BCUT2D eigenvalue weighted by Crippen LogP contribution is -2.48. The number of imidazole rings is 1. The van der Waals surface area contributed by atoms with Crippen molar-refractivity contribution in [3.05, 3.63) is 47.1 Å². The number of morpholine rings is 1. The summed E-state index contributed by atoms with van der Waals surface area (Å²) in [5, 5.41) is 2.00. The number of aromatic nitrogens is 2. The molecule has 7 nitrogen and oxygen atoms in total. The molecule has 0 aliphatic carbocycles. The summed E-state index contributed by atoms with van der Waals surface area (Å²) in [7, 11) is 2.03. The standard InChI is InChI=1S/C19H24N4O3S/c1-13-8-22(9-14(2)26-13)18(24)17-16(23-5-7-27-19(23)20-17)11-21(3)10-15-4-6-25-12-15/h4-7,12-14H,8-11H2,1-3H3/t13-,14+. The Balaban J connectivity index is 1.60. The van der Waals surface area contributed by atoms with E-state index >= 15 is 0 Å². The highest BCUT2D eigenvalue weighted by molar-refractivity contribution is 7.15. The van der Waals surface area contributed by atoms with Crippen molar-refractivity contribution in [2.75, 3.05) is 20.1 Å². The molecule has 144 valence electrons. The van der Waals surface area contributed by atoms with Gasteiger partial charge in [0, 0.05) is 43.3 Å². The molecular formula is C19H24N4O3S. The van der Waals surface area contributed by atoms with Gasteiger partial charge in [0.05, 0.1) is 30.4 Å². The molecule has 1 fully saturated rings. The van der Waals surface area contributed by atoms with E-state index < -0.39 is 0 Å². The van der Waals surface area contributed by atoms with Gasteiger partial charge in [-0.05, 0) is 27.0 Å². The average molecular weight is 388 g/mol. The summed E-state index contributed by atoms with van der Waals surface area (Å²) in [6.07, 6.45) is 5.47. The number of amides is 1. The van der Waals surface area contributed by atoms with Crippen molar-refractivity contribution < 1.29 is 13.9 Å². The maximum absolute atomic E-state index is 13.2. The molecule has 1 saturated heterocycles. The van der Waals surface area contributed by atoms with Crippen molar-refractivity contribution in [3.8, 4) is 0 Å². The summed E-state index contributed by atoms with van der Waals surface area (Å²) in [5.41, 5.74) is 2.57. The molecule has 0 unspecified atom stereocenters. The molecule has 0 bridgehead atoms. The number of furan rings is 1. The number of thiazole rings is 1. The van der Waals surface area contributed by atoms with Crippen molar-refractivity contribution in [1.82, 2.24) is 19.2 Å². The first-order chi connectivity index (χ1) is 13.0. The number of fused-ring (bicyclic) bond motifs is 1. The third-order valence-electron chi connectivity index (χ3n) is 4.72. The second-order valence-electron chi connectivity index (χ2n) is 7.23. The molecule has 1 amide bonds. The van der Waals surface area contributed by atoms with Crippen LogP contribution in [0.1, 0.15) is 35.6 Å². The number of carbonyl (C=O) groups is 1. The summed E-state index contributed by atoms with van der Waals surface area (Å²) < 4.78 is 12.9. The van der Waals surface area contributed by atoms with Crippen LogP contribution in [0.3, 0.4) is 0 Å². The average Bonchev–Trinajstić information content (AvgIpc) is 3.32. The fourth-order valence-electron chi connectivity index (χ4n) is 3.65. The van der Waals surface area contributed by atoms with E-state index in [4.69, 9.17) is 9.15 Å². The third-order valence-corrected chi connectivity index (χ3v) is 5.48. The smallest absolute Gasteiger partial charge is 0.274 e. The molecule has 1 aliphatic heterocycles. The number of carbonyl (C=O) groups excluding carboxylic acids is 1. The SMILES string of the molecule is C[C@@H]1CN(C(=O)c2nc3sccn3c2CN(C)Cc2ccoc2)C[C@H](C)O1. The fraction of sp³-hybridized carbons (Fsp3) is 0.474. The van der Waals surface area contributed by atoms with E-state index in [1.807, 2.05) is 47.8 Å². The molecule has 0 spiro atoms. The fourth-order valence-corrected chi connectivity index (χ4v) is 4.39. The van der Waals surface area contributed by atoms with Crippen LogP contribution >= 0.6 is 11.3 Å². The molecule has 27 heavy (non-hydrogen) atoms. The zero-order chi connectivity index (χ0) is 19.0. The highest BCUT2D eigenvalue weighted by atomic mass is 32.1. The summed E-state index contributed by atoms with van der Waals surface area (Å²) in [6, 6.07) is 1.95. The predicted molar refractivity (Wildman–Crippen MR) is 103 cm³/mol. The Labute approximate surface area is 162 Å². The molecule has 8 heteroatoms. The van der Waals surface area contributed by atoms with E-state index in [9.17, 15) is 4.79 Å². The van der Waals surface area contributed by atoms with Gasteiger partial charge in [0.15, 0.2) is 10.7 Å². The molecule has 0 aromatic carbocycles. The number of rotatable bonds is 5. The Hall–Kier alpha value is -2.16. The van der Waals surface area contributed by atoms with Crippen LogP contribution in [0, 0.1) is 0 Å². The molecular weight excluding hydrogens is 364 g/mol. The highest BCUT2D eigenvalue weighted by Crippen LogP contribution is 2.22. The van der Waals surface area contributed by atoms with E-state index in [-0.39, 0.29) is 18.1 Å². The minimum absolute atomic E-state index is 0.0142. The lowest BCUT2D eigenvalue weighted by atomic mass is 10.2. The number of nitrogens with zero attached hydrogens (tertiary/aromatic N) is 4. The van der Waals surface area contributed by atoms with Gasteiger partial charge >= 0.3 is 0 Å². The van der Waals surface area contributed by atoms with Crippen molar-refractivity contribution in [1.29, 1.82) is 0 Å². The Morgan fingerprint density at radius 1 is 1.33 bits per heavy atom. The number of ether oxygens (including phenoxy) is 1. The maximum atomic E-state index is 13.2. The van der Waals surface area contributed by atoms with Crippen LogP contribution in [0.15, 0.2) is 34.6 Å². The number of hydrogen-bond acceptors (Lipinski definition) is 6. The van der Waals surface area contributed by atoms with Crippen LogP contribution in [0.2, 0.25) is 0 Å². The first-order valence-corrected chi connectivity index (χ1v) is 9.98. The minimum atomic E-state index is -0.0142. The van der Waals surface area contributed by atoms with Crippen LogP contribution in [-0.2, 0) is 17.8 Å². The quantitative estimate of drug-likeness (QED) is 0.673. The van der Waals surface area contributed by atoms with E-state index in [1.54, 1.807) is 23.9 Å². The summed E-state index contributed by atoms with van der Waals surface area (Å²) in [5.74, 6) is -0.0142. The highest BCUT2D eigenvalue weighted by Gasteiger charge is 2.30. The molecule has 2 atom stereocenters. The number of hydrogen-bond donors (Lipinski definition) is 0. The molecule has 0 radical (unpaired) electrons. The van der Waals surface area contributed by atoms with Gasteiger partial charge in [-0.25, -0.2) is 4.98 Å². The molecule has 3 aromatic rings. The van der Waals surface area contributed by atoms with Crippen molar-refractivity contribution in [3.63, 3.8) is 0 Å². The van der Waals surface area contributed by atoms with E-state index in [0.29, 0.717) is 25.3 Å². The molecule has 0 N–H and O–H groups in total. The summed E-state index contributed by atoms with van der Waals surface area (Å²) >= 11 is 1.54. The van der Waals surface area contributed by atoms with E-state index in [2.05, 4.69) is 9.88 Å². The molecule has 4 heterocycles. The Kier molecular flexibility index (Phi) is 5.03.